The third-order valence-electron chi connectivity index (χ3n) is 4.80. The van der Waals surface area contributed by atoms with Gasteiger partial charge in [-0.3, -0.25) is 9.78 Å². The summed E-state index contributed by atoms with van der Waals surface area (Å²) in [6.45, 7) is 3.60. The number of aromatic nitrogens is 2. The zero-order valence-corrected chi connectivity index (χ0v) is 13.8. The molecule has 2 aromatic heterocycles. The van der Waals surface area contributed by atoms with Gasteiger partial charge in [-0.25, -0.2) is 0 Å². The van der Waals surface area contributed by atoms with Crippen molar-refractivity contribution in [1.82, 2.24) is 15.0 Å². The molecule has 0 spiro atoms. The maximum atomic E-state index is 12.9. The van der Waals surface area contributed by atoms with Crippen LogP contribution in [0.25, 0.3) is 0 Å². The van der Waals surface area contributed by atoms with Gasteiger partial charge >= 0.3 is 0 Å². The maximum Gasteiger partial charge on any atom is 0.276 e. The van der Waals surface area contributed by atoms with Crippen LogP contribution in [0.3, 0.4) is 0 Å². The first kappa shape index (κ1) is 15.3. The Kier molecular flexibility index (Phi) is 4.06. The van der Waals surface area contributed by atoms with E-state index in [2.05, 4.69) is 10.1 Å². The molecule has 1 atom stereocenters. The standard InChI is InChI=1S/C18H21N3O3/c1-12-10-13(6-7-19-12)16-11-21(8-9-23-16)18(22)17-14-4-2-3-5-15(14)24-20-17/h6-7,10,16H,2-5,8-9,11H2,1H3/t16-/m1/s1. The second-order valence-corrected chi connectivity index (χ2v) is 6.48. The smallest absolute Gasteiger partial charge is 0.276 e. The van der Waals surface area contributed by atoms with E-state index in [1.165, 1.54) is 0 Å². The number of pyridine rings is 1. The minimum absolute atomic E-state index is 0.0408. The van der Waals surface area contributed by atoms with Crippen LogP contribution in [-0.2, 0) is 17.6 Å². The second-order valence-electron chi connectivity index (χ2n) is 6.48. The monoisotopic (exact) mass is 327 g/mol. The molecule has 126 valence electrons. The molecule has 2 aliphatic rings. The Hall–Kier alpha value is -2.21. The molecule has 0 N–H and O–H groups in total. The van der Waals surface area contributed by atoms with Crippen LogP contribution in [0.2, 0.25) is 0 Å². The summed E-state index contributed by atoms with van der Waals surface area (Å²) in [5.41, 5.74) is 3.51. The van der Waals surface area contributed by atoms with Crippen molar-refractivity contribution < 1.29 is 14.1 Å². The Morgan fingerprint density at radius 3 is 3.08 bits per heavy atom. The molecule has 1 saturated heterocycles. The summed E-state index contributed by atoms with van der Waals surface area (Å²) in [5, 5.41) is 4.07. The zero-order valence-electron chi connectivity index (χ0n) is 13.8. The average molecular weight is 327 g/mol. The third-order valence-corrected chi connectivity index (χ3v) is 4.80. The van der Waals surface area contributed by atoms with E-state index >= 15 is 0 Å². The van der Waals surface area contributed by atoms with Gasteiger partial charge in [-0.2, -0.15) is 0 Å². The summed E-state index contributed by atoms with van der Waals surface area (Å²) in [6, 6.07) is 3.96. The predicted molar refractivity (Wildman–Crippen MR) is 86.7 cm³/mol. The van der Waals surface area contributed by atoms with Crippen LogP contribution in [0.4, 0.5) is 0 Å². The fraction of sp³-hybridized carbons (Fsp3) is 0.500. The van der Waals surface area contributed by atoms with Crippen molar-refractivity contribution in [3.05, 3.63) is 46.6 Å². The van der Waals surface area contributed by atoms with E-state index in [0.717, 1.165) is 48.3 Å². The van der Waals surface area contributed by atoms with Gasteiger partial charge in [0.15, 0.2) is 5.69 Å². The lowest BCUT2D eigenvalue weighted by molar-refractivity contribution is -0.0232. The number of fused-ring (bicyclic) bond motifs is 1. The largest absolute Gasteiger partial charge is 0.370 e. The van der Waals surface area contributed by atoms with Gasteiger partial charge in [-0.05, 0) is 43.9 Å². The molecule has 1 fully saturated rings. The highest BCUT2D eigenvalue weighted by Gasteiger charge is 2.31. The molecule has 0 bridgehead atoms. The van der Waals surface area contributed by atoms with E-state index in [0.29, 0.717) is 25.4 Å². The number of aryl methyl sites for hydroxylation is 2. The fourth-order valence-corrected chi connectivity index (χ4v) is 3.51. The SMILES string of the molecule is Cc1cc([C@H]2CN(C(=O)c3noc4c3CCCC4)CCO2)ccn1. The van der Waals surface area contributed by atoms with Crippen LogP contribution < -0.4 is 0 Å². The number of carbonyl (C=O) groups is 1. The Morgan fingerprint density at radius 1 is 1.33 bits per heavy atom. The predicted octanol–water partition coefficient (Wildman–Crippen LogP) is 2.47. The van der Waals surface area contributed by atoms with Gasteiger partial charge in [0.2, 0.25) is 0 Å². The molecule has 24 heavy (non-hydrogen) atoms. The second kappa shape index (κ2) is 6.36. The number of hydrogen-bond acceptors (Lipinski definition) is 5. The molecule has 6 nitrogen and oxygen atoms in total. The first-order valence-electron chi connectivity index (χ1n) is 8.53. The highest BCUT2D eigenvalue weighted by atomic mass is 16.5. The number of amides is 1. The van der Waals surface area contributed by atoms with Crippen LogP contribution in [0.15, 0.2) is 22.9 Å². The third kappa shape index (κ3) is 2.82. The van der Waals surface area contributed by atoms with Crippen LogP contribution in [0.1, 0.15) is 52.0 Å². The lowest BCUT2D eigenvalue weighted by atomic mass is 9.96. The number of carbonyl (C=O) groups excluding carboxylic acids is 1. The van der Waals surface area contributed by atoms with Crippen LogP contribution in [0, 0.1) is 6.92 Å². The minimum Gasteiger partial charge on any atom is -0.370 e. The summed E-state index contributed by atoms with van der Waals surface area (Å²) in [5.74, 6) is 0.847. The first-order valence-corrected chi connectivity index (χ1v) is 8.53. The molecule has 0 radical (unpaired) electrons. The van der Waals surface area contributed by atoms with Crippen molar-refractivity contribution in [1.29, 1.82) is 0 Å². The van der Waals surface area contributed by atoms with E-state index in [4.69, 9.17) is 9.26 Å². The summed E-state index contributed by atoms with van der Waals surface area (Å²) < 4.78 is 11.3. The molecule has 6 heteroatoms. The fourth-order valence-electron chi connectivity index (χ4n) is 3.51. The Morgan fingerprint density at radius 2 is 2.21 bits per heavy atom. The van der Waals surface area contributed by atoms with Gasteiger partial charge in [0.25, 0.3) is 5.91 Å². The lowest BCUT2D eigenvalue weighted by Gasteiger charge is -2.33. The lowest BCUT2D eigenvalue weighted by Crippen LogP contribution is -2.42. The van der Waals surface area contributed by atoms with Crippen LogP contribution >= 0.6 is 0 Å². The molecule has 0 aromatic carbocycles. The molecule has 1 aliphatic heterocycles. The van der Waals surface area contributed by atoms with Crippen molar-refractivity contribution in [2.45, 2.75) is 38.7 Å². The minimum atomic E-state index is -0.118. The van der Waals surface area contributed by atoms with Crippen molar-refractivity contribution in [3.8, 4) is 0 Å². The number of hydrogen-bond donors (Lipinski definition) is 0. The van der Waals surface area contributed by atoms with Crippen LogP contribution in [-0.4, -0.2) is 40.6 Å². The highest BCUT2D eigenvalue weighted by Crippen LogP contribution is 2.27. The van der Waals surface area contributed by atoms with E-state index in [-0.39, 0.29) is 12.0 Å². The molecule has 1 amide bonds. The maximum absolute atomic E-state index is 12.9. The van der Waals surface area contributed by atoms with Crippen molar-refractivity contribution in [2.75, 3.05) is 19.7 Å². The first-order chi connectivity index (χ1) is 11.7. The van der Waals surface area contributed by atoms with Crippen molar-refractivity contribution in [2.24, 2.45) is 0 Å². The summed E-state index contributed by atoms with van der Waals surface area (Å²) >= 11 is 0. The van der Waals surface area contributed by atoms with Gasteiger partial charge in [0.1, 0.15) is 11.9 Å². The van der Waals surface area contributed by atoms with E-state index in [9.17, 15) is 4.79 Å². The quantitative estimate of drug-likeness (QED) is 0.847. The Labute approximate surface area is 140 Å². The molecule has 1 aliphatic carbocycles. The molecule has 4 rings (SSSR count). The van der Waals surface area contributed by atoms with Gasteiger partial charge in [-0.1, -0.05) is 5.16 Å². The number of morpholine rings is 1. The average Bonchev–Trinajstić information content (AvgIpc) is 3.05. The van der Waals surface area contributed by atoms with Gasteiger partial charge < -0.3 is 14.2 Å². The molecule has 3 heterocycles. The van der Waals surface area contributed by atoms with Gasteiger partial charge in [0, 0.05) is 30.4 Å². The van der Waals surface area contributed by atoms with Gasteiger partial charge in [-0.15, -0.1) is 0 Å². The summed E-state index contributed by atoms with van der Waals surface area (Å²) in [6.07, 6.45) is 5.64. The molecule has 2 aromatic rings. The molecular formula is C18H21N3O3. The van der Waals surface area contributed by atoms with Crippen LogP contribution in [0.5, 0.6) is 0 Å². The Bertz CT molecular complexity index is 756. The topological polar surface area (TPSA) is 68.5 Å². The van der Waals surface area contributed by atoms with Crippen molar-refractivity contribution >= 4 is 5.91 Å². The highest BCUT2D eigenvalue weighted by molar-refractivity contribution is 5.94. The molecule has 0 saturated carbocycles. The van der Waals surface area contributed by atoms with E-state index in [1.807, 2.05) is 24.0 Å². The summed E-state index contributed by atoms with van der Waals surface area (Å²) in [4.78, 5) is 19.0. The van der Waals surface area contributed by atoms with Gasteiger partial charge in [0.05, 0.1) is 13.2 Å². The van der Waals surface area contributed by atoms with E-state index < -0.39 is 0 Å². The molecule has 0 unspecified atom stereocenters. The molecular weight excluding hydrogens is 306 g/mol. The number of rotatable bonds is 2. The van der Waals surface area contributed by atoms with E-state index in [1.54, 1.807) is 6.20 Å². The number of ether oxygens (including phenoxy) is 1. The summed E-state index contributed by atoms with van der Waals surface area (Å²) in [7, 11) is 0. The number of nitrogens with zero attached hydrogens (tertiary/aromatic N) is 3. The Balaban J connectivity index is 1.54. The normalized spacial score (nSPS) is 20.7. The van der Waals surface area contributed by atoms with Crippen molar-refractivity contribution in [3.63, 3.8) is 0 Å². The zero-order chi connectivity index (χ0) is 16.5.